The minimum atomic E-state index is -3.54. The van der Waals surface area contributed by atoms with Crippen molar-refractivity contribution in [1.29, 1.82) is 0 Å². The van der Waals surface area contributed by atoms with Crippen molar-refractivity contribution in [3.8, 4) is 0 Å². The van der Waals surface area contributed by atoms with Gasteiger partial charge in [0.1, 0.15) is 12.3 Å². The van der Waals surface area contributed by atoms with E-state index < -0.39 is 16.1 Å². The molecule has 1 N–H and O–H groups in total. The fourth-order valence-corrected chi connectivity index (χ4v) is 1.18. The second kappa shape index (κ2) is 4.37. The van der Waals surface area contributed by atoms with Crippen LogP contribution in [0.5, 0.6) is 0 Å². The van der Waals surface area contributed by atoms with Gasteiger partial charge in [-0.15, -0.1) is 0 Å². The molecular formula is C8H9NO5S. The van der Waals surface area contributed by atoms with E-state index in [2.05, 4.69) is 9.17 Å². The van der Waals surface area contributed by atoms with E-state index in [1.165, 1.54) is 18.2 Å². The molecule has 1 aromatic heterocycles. The van der Waals surface area contributed by atoms with Crippen LogP contribution in [0.1, 0.15) is 16.2 Å². The van der Waals surface area contributed by atoms with Gasteiger partial charge < -0.3 is 5.11 Å². The Hall–Kier alpha value is -1.47. The van der Waals surface area contributed by atoms with Gasteiger partial charge in [0, 0.05) is 0 Å². The number of pyridine rings is 1. The molecule has 1 heterocycles. The molecule has 82 valence electrons. The molecule has 0 aliphatic heterocycles. The average Bonchev–Trinajstić information content (AvgIpc) is 2.14. The SMILES string of the molecule is CS(=O)(=O)OCc1cccc(C(=O)O)n1. The van der Waals surface area contributed by atoms with Crippen molar-refractivity contribution < 1.29 is 22.5 Å². The summed E-state index contributed by atoms with van der Waals surface area (Å²) in [6.07, 6.45) is 0.911. The fraction of sp³-hybridized carbons (Fsp3) is 0.250. The summed E-state index contributed by atoms with van der Waals surface area (Å²) in [5.74, 6) is -1.17. The molecule has 0 unspecified atom stereocenters. The highest BCUT2D eigenvalue weighted by atomic mass is 32.2. The predicted octanol–water partition coefficient (Wildman–Crippen LogP) is 0.256. The minimum absolute atomic E-state index is 0.149. The van der Waals surface area contributed by atoms with Crippen LogP contribution < -0.4 is 0 Å². The molecule has 1 rings (SSSR count). The quantitative estimate of drug-likeness (QED) is 0.747. The Kier molecular flexibility index (Phi) is 3.38. The molecule has 0 bridgehead atoms. The Morgan fingerprint density at radius 3 is 2.73 bits per heavy atom. The first-order valence-electron chi connectivity index (χ1n) is 3.92. The second-order valence-electron chi connectivity index (χ2n) is 2.79. The van der Waals surface area contributed by atoms with Crippen molar-refractivity contribution >= 4 is 16.1 Å². The molecule has 0 aromatic carbocycles. The summed E-state index contributed by atoms with van der Waals surface area (Å²) in [5.41, 5.74) is 0.102. The summed E-state index contributed by atoms with van der Waals surface area (Å²) in [7, 11) is -3.54. The summed E-state index contributed by atoms with van der Waals surface area (Å²) < 4.78 is 25.8. The number of rotatable bonds is 4. The third kappa shape index (κ3) is 4.05. The molecule has 0 atom stereocenters. The third-order valence-corrected chi connectivity index (χ3v) is 1.99. The Labute approximate surface area is 86.6 Å². The number of aromatic nitrogens is 1. The first-order valence-corrected chi connectivity index (χ1v) is 5.74. The predicted molar refractivity (Wildman–Crippen MR) is 50.8 cm³/mol. The third-order valence-electron chi connectivity index (χ3n) is 1.45. The van der Waals surface area contributed by atoms with E-state index in [-0.39, 0.29) is 18.0 Å². The van der Waals surface area contributed by atoms with Gasteiger partial charge in [-0.3, -0.25) is 4.18 Å². The lowest BCUT2D eigenvalue weighted by molar-refractivity contribution is 0.0690. The van der Waals surface area contributed by atoms with Crippen molar-refractivity contribution in [2.45, 2.75) is 6.61 Å². The van der Waals surface area contributed by atoms with Gasteiger partial charge in [0.15, 0.2) is 0 Å². The smallest absolute Gasteiger partial charge is 0.354 e. The number of carbonyl (C=O) groups is 1. The highest BCUT2D eigenvalue weighted by Crippen LogP contribution is 2.03. The van der Waals surface area contributed by atoms with E-state index in [0.29, 0.717) is 0 Å². The standard InChI is InChI=1S/C8H9NO5S/c1-15(12,13)14-5-6-3-2-4-7(9-6)8(10)11/h2-4H,5H2,1H3,(H,10,11). The first-order chi connectivity index (χ1) is 6.88. The van der Waals surface area contributed by atoms with Crippen molar-refractivity contribution in [3.63, 3.8) is 0 Å². The van der Waals surface area contributed by atoms with Crippen molar-refractivity contribution in [1.82, 2.24) is 4.98 Å². The van der Waals surface area contributed by atoms with Gasteiger partial charge in [0.25, 0.3) is 10.1 Å². The normalized spacial score (nSPS) is 11.3. The maximum atomic E-state index is 10.7. The maximum absolute atomic E-state index is 10.7. The summed E-state index contributed by atoms with van der Waals surface area (Å²) in [5, 5.41) is 8.62. The Balaban J connectivity index is 2.79. The van der Waals surface area contributed by atoms with Crippen LogP contribution in [0.25, 0.3) is 0 Å². The molecule has 0 amide bonds. The first kappa shape index (κ1) is 11.6. The molecular weight excluding hydrogens is 222 g/mol. The van der Waals surface area contributed by atoms with Crippen LogP contribution in [-0.4, -0.2) is 30.7 Å². The van der Waals surface area contributed by atoms with E-state index in [0.717, 1.165) is 6.26 Å². The zero-order valence-electron chi connectivity index (χ0n) is 7.87. The lowest BCUT2D eigenvalue weighted by atomic mass is 10.3. The lowest BCUT2D eigenvalue weighted by Gasteiger charge is -2.01. The molecule has 7 heteroatoms. The molecule has 6 nitrogen and oxygen atoms in total. The summed E-state index contributed by atoms with van der Waals surface area (Å²) in [4.78, 5) is 14.2. The van der Waals surface area contributed by atoms with Crippen LogP contribution >= 0.6 is 0 Å². The number of nitrogens with zero attached hydrogens (tertiary/aromatic N) is 1. The topological polar surface area (TPSA) is 93.6 Å². The van der Waals surface area contributed by atoms with Gasteiger partial charge in [0.2, 0.25) is 0 Å². The number of carboxylic acids is 1. The highest BCUT2D eigenvalue weighted by Gasteiger charge is 2.07. The molecule has 1 aromatic rings. The van der Waals surface area contributed by atoms with Gasteiger partial charge in [-0.05, 0) is 12.1 Å². The lowest BCUT2D eigenvalue weighted by Crippen LogP contribution is -2.06. The number of aromatic carboxylic acids is 1. The number of hydrogen-bond acceptors (Lipinski definition) is 5. The zero-order chi connectivity index (χ0) is 11.5. The molecule has 0 radical (unpaired) electrons. The molecule has 0 aliphatic carbocycles. The molecule has 0 aliphatic rings. The Morgan fingerprint density at radius 1 is 1.53 bits per heavy atom. The monoisotopic (exact) mass is 231 g/mol. The average molecular weight is 231 g/mol. The van der Waals surface area contributed by atoms with Gasteiger partial charge in [-0.1, -0.05) is 6.07 Å². The zero-order valence-corrected chi connectivity index (χ0v) is 8.69. The molecule has 0 saturated carbocycles. The van der Waals surface area contributed by atoms with E-state index in [9.17, 15) is 13.2 Å². The molecule has 15 heavy (non-hydrogen) atoms. The van der Waals surface area contributed by atoms with Crippen LogP contribution in [0.15, 0.2) is 18.2 Å². The van der Waals surface area contributed by atoms with E-state index in [4.69, 9.17) is 5.11 Å². The van der Waals surface area contributed by atoms with E-state index >= 15 is 0 Å². The Morgan fingerprint density at radius 2 is 2.20 bits per heavy atom. The van der Waals surface area contributed by atoms with Gasteiger partial charge in [-0.25, -0.2) is 9.78 Å². The second-order valence-corrected chi connectivity index (χ2v) is 4.43. The van der Waals surface area contributed by atoms with E-state index in [1.54, 1.807) is 0 Å². The molecule has 0 fully saturated rings. The van der Waals surface area contributed by atoms with Crippen LogP contribution in [0, 0.1) is 0 Å². The van der Waals surface area contributed by atoms with E-state index in [1.807, 2.05) is 0 Å². The van der Waals surface area contributed by atoms with Crippen LogP contribution in [0.4, 0.5) is 0 Å². The fourth-order valence-electron chi connectivity index (χ4n) is 0.846. The summed E-state index contributed by atoms with van der Waals surface area (Å²) in [6.45, 7) is -0.264. The summed E-state index contributed by atoms with van der Waals surface area (Å²) >= 11 is 0. The summed E-state index contributed by atoms with van der Waals surface area (Å²) in [6, 6.07) is 4.27. The molecule has 0 spiro atoms. The van der Waals surface area contributed by atoms with Gasteiger partial charge in [-0.2, -0.15) is 8.42 Å². The molecule has 0 saturated heterocycles. The number of carboxylic acid groups (broad SMARTS) is 1. The minimum Gasteiger partial charge on any atom is -0.477 e. The number of hydrogen-bond donors (Lipinski definition) is 1. The van der Waals surface area contributed by atoms with Crippen molar-refractivity contribution in [2.75, 3.05) is 6.26 Å². The van der Waals surface area contributed by atoms with Gasteiger partial charge in [0.05, 0.1) is 11.9 Å². The van der Waals surface area contributed by atoms with Crippen molar-refractivity contribution in [2.24, 2.45) is 0 Å². The Bertz CT molecular complexity index is 468. The maximum Gasteiger partial charge on any atom is 0.354 e. The highest BCUT2D eigenvalue weighted by molar-refractivity contribution is 7.85. The van der Waals surface area contributed by atoms with Crippen LogP contribution in [-0.2, 0) is 20.9 Å². The van der Waals surface area contributed by atoms with Gasteiger partial charge >= 0.3 is 5.97 Å². The van der Waals surface area contributed by atoms with Crippen LogP contribution in [0.3, 0.4) is 0 Å². The van der Waals surface area contributed by atoms with Crippen LogP contribution in [0.2, 0.25) is 0 Å². The largest absolute Gasteiger partial charge is 0.477 e. The van der Waals surface area contributed by atoms with Crippen molar-refractivity contribution in [3.05, 3.63) is 29.6 Å².